The van der Waals surface area contributed by atoms with Crippen LogP contribution in [0.5, 0.6) is 0 Å². The van der Waals surface area contributed by atoms with Crippen molar-refractivity contribution in [1.29, 1.82) is 0 Å². The molecule has 0 aromatic rings. The zero-order valence-corrected chi connectivity index (χ0v) is 14.5. The predicted octanol–water partition coefficient (Wildman–Crippen LogP) is 4.07. The summed E-state index contributed by atoms with van der Waals surface area (Å²) in [4.78, 5) is 15.1. The summed E-state index contributed by atoms with van der Waals surface area (Å²) in [7, 11) is 0. The molecule has 0 bridgehead atoms. The SMILES string of the molecule is CCCC1CCC(N2C(=O)C(C)(CC)NC2CCC)CC1. The van der Waals surface area contributed by atoms with Gasteiger partial charge in [-0.15, -0.1) is 0 Å². The summed E-state index contributed by atoms with van der Waals surface area (Å²) in [6.45, 7) is 8.70. The van der Waals surface area contributed by atoms with Gasteiger partial charge in [0.15, 0.2) is 0 Å². The molecule has 2 aliphatic rings. The number of amides is 1. The van der Waals surface area contributed by atoms with Gasteiger partial charge in [0, 0.05) is 6.04 Å². The third kappa shape index (κ3) is 3.44. The average Bonchev–Trinajstić information content (AvgIpc) is 2.73. The van der Waals surface area contributed by atoms with Crippen LogP contribution >= 0.6 is 0 Å². The Kier molecular flexibility index (Phi) is 5.70. The van der Waals surface area contributed by atoms with Crippen LogP contribution in [-0.4, -0.2) is 28.6 Å². The number of carbonyl (C=O) groups is 1. The number of rotatable bonds is 6. The highest BCUT2D eigenvalue weighted by molar-refractivity contribution is 5.88. The summed E-state index contributed by atoms with van der Waals surface area (Å²) in [5, 5.41) is 3.63. The second kappa shape index (κ2) is 7.13. The third-order valence-electron chi connectivity index (χ3n) is 5.70. The number of carbonyl (C=O) groups excluding carboxylic acids is 1. The minimum absolute atomic E-state index is 0.264. The molecule has 1 N–H and O–H groups in total. The van der Waals surface area contributed by atoms with Gasteiger partial charge in [0.1, 0.15) is 0 Å². The van der Waals surface area contributed by atoms with Gasteiger partial charge in [-0.2, -0.15) is 0 Å². The van der Waals surface area contributed by atoms with Crippen LogP contribution in [0.15, 0.2) is 0 Å². The van der Waals surface area contributed by atoms with E-state index in [1.165, 1.54) is 38.5 Å². The topological polar surface area (TPSA) is 32.3 Å². The molecule has 3 nitrogen and oxygen atoms in total. The number of hydrogen-bond acceptors (Lipinski definition) is 2. The molecule has 1 heterocycles. The van der Waals surface area contributed by atoms with Gasteiger partial charge >= 0.3 is 0 Å². The first kappa shape index (κ1) is 16.8. The number of hydrogen-bond donors (Lipinski definition) is 1. The molecular formula is C18H34N2O. The van der Waals surface area contributed by atoms with Crippen LogP contribution in [0.25, 0.3) is 0 Å². The van der Waals surface area contributed by atoms with E-state index in [1.54, 1.807) is 0 Å². The van der Waals surface area contributed by atoms with Gasteiger partial charge in [-0.1, -0.05) is 40.0 Å². The summed E-state index contributed by atoms with van der Waals surface area (Å²) < 4.78 is 0. The zero-order chi connectivity index (χ0) is 15.5. The van der Waals surface area contributed by atoms with Crippen molar-refractivity contribution in [3.8, 4) is 0 Å². The maximum absolute atomic E-state index is 12.9. The predicted molar refractivity (Wildman–Crippen MR) is 88.0 cm³/mol. The van der Waals surface area contributed by atoms with Crippen molar-refractivity contribution in [1.82, 2.24) is 10.2 Å². The number of nitrogens with zero attached hydrogens (tertiary/aromatic N) is 1. The fourth-order valence-electron chi connectivity index (χ4n) is 4.20. The van der Waals surface area contributed by atoms with Crippen LogP contribution in [-0.2, 0) is 4.79 Å². The monoisotopic (exact) mass is 294 g/mol. The molecule has 1 amide bonds. The molecule has 1 saturated carbocycles. The summed E-state index contributed by atoms with van der Waals surface area (Å²) >= 11 is 0. The standard InChI is InChI=1S/C18H34N2O/c1-5-8-14-10-12-15(13-11-14)20-16(9-6-2)19-18(4,7-3)17(20)21/h14-16,19H,5-13H2,1-4H3. The fraction of sp³-hybridized carbons (Fsp3) is 0.944. The molecule has 21 heavy (non-hydrogen) atoms. The molecular weight excluding hydrogens is 260 g/mol. The van der Waals surface area contributed by atoms with E-state index in [9.17, 15) is 4.79 Å². The van der Waals surface area contributed by atoms with E-state index < -0.39 is 0 Å². The van der Waals surface area contributed by atoms with Gasteiger partial charge in [0.05, 0.1) is 11.7 Å². The summed E-state index contributed by atoms with van der Waals surface area (Å²) in [5.41, 5.74) is -0.333. The Bertz CT molecular complexity index is 349. The first-order valence-electron chi connectivity index (χ1n) is 9.16. The first-order valence-corrected chi connectivity index (χ1v) is 9.16. The fourth-order valence-corrected chi connectivity index (χ4v) is 4.20. The van der Waals surface area contributed by atoms with Gasteiger partial charge in [0.25, 0.3) is 0 Å². The van der Waals surface area contributed by atoms with Gasteiger partial charge in [0.2, 0.25) is 5.91 Å². The third-order valence-corrected chi connectivity index (χ3v) is 5.70. The number of nitrogens with one attached hydrogen (secondary N) is 1. The Morgan fingerprint density at radius 2 is 1.71 bits per heavy atom. The van der Waals surface area contributed by atoms with Crippen LogP contribution in [0.2, 0.25) is 0 Å². The molecule has 1 saturated heterocycles. The second-order valence-electron chi connectivity index (χ2n) is 7.31. The van der Waals surface area contributed by atoms with Crippen molar-refractivity contribution in [3.63, 3.8) is 0 Å². The molecule has 2 rings (SSSR count). The van der Waals surface area contributed by atoms with Crippen LogP contribution in [0, 0.1) is 5.92 Å². The van der Waals surface area contributed by atoms with Crippen LogP contribution < -0.4 is 5.32 Å². The van der Waals surface area contributed by atoms with Crippen molar-refractivity contribution in [2.24, 2.45) is 5.92 Å². The maximum atomic E-state index is 12.9. The Balaban J connectivity index is 2.04. The molecule has 2 unspecified atom stereocenters. The van der Waals surface area contributed by atoms with E-state index in [-0.39, 0.29) is 11.7 Å². The lowest BCUT2D eigenvalue weighted by atomic mass is 9.82. The van der Waals surface area contributed by atoms with Crippen molar-refractivity contribution in [2.75, 3.05) is 0 Å². The van der Waals surface area contributed by atoms with Gasteiger partial charge < -0.3 is 4.90 Å². The van der Waals surface area contributed by atoms with E-state index >= 15 is 0 Å². The lowest BCUT2D eigenvalue weighted by Crippen LogP contribution is -2.46. The largest absolute Gasteiger partial charge is 0.323 e. The van der Waals surface area contributed by atoms with Gasteiger partial charge in [-0.05, 0) is 51.4 Å². The van der Waals surface area contributed by atoms with Crippen LogP contribution in [0.4, 0.5) is 0 Å². The van der Waals surface area contributed by atoms with E-state index in [0.717, 1.165) is 25.2 Å². The van der Waals surface area contributed by atoms with Crippen molar-refractivity contribution in [3.05, 3.63) is 0 Å². The quantitative estimate of drug-likeness (QED) is 0.801. The summed E-state index contributed by atoms with van der Waals surface area (Å²) in [5.74, 6) is 1.25. The van der Waals surface area contributed by atoms with Crippen molar-refractivity contribution in [2.45, 2.75) is 103 Å². The van der Waals surface area contributed by atoms with Crippen LogP contribution in [0.1, 0.15) is 85.5 Å². The normalized spacial score (nSPS) is 37.2. The molecule has 0 aromatic carbocycles. The second-order valence-corrected chi connectivity index (χ2v) is 7.31. The molecule has 0 radical (unpaired) electrons. The smallest absolute Gasteiger partial charge is 0.244 e. The average molecular weight is 294 g/mol. The lowest BCUT2D eigenvalue weighted by molar-refractivity contribution is -0.136. The highest BCUT2D eigenvalue weighted by atomic mass is 16.2. The summed E-state index contributed by atoms with van der Waals surface area (Å²) in [6, 6.07) is 0.475. The Morgan fingerprint density at radius 3 is 2.24 bits per heavy atom. The maximum Gasteiger partial charge on any atom is 0.244 e. The molecule has 0 aromatic heterocycles. The highest BCUT2D eigenvalue weighted by Crippen LogP contribution is 2.35. The molecule has 1 aliphatic heterocycles. The zero-order valence-electron chi connectivity index (χ0n) is 14.5. The molecule has 122 valence electrons. The molecule has 0 spiro atoms. The molecule has 1 aliphatic carbocycles. The Morgan fingerprint density at radius 1 is 1.10 bits per heavy atom. The van der Waals surface area contributed by atoms with Crippen LogP contribution in [0.3, 0.4) is 0 Å². The lowest BCUT2D eigenvalue weighted by Gasteiger charge is -2.37. The van der Waals surface area contributed by atoms with Gasteiger partial charge in [-0.25, -0.2) is 0 Å². The van der Waals surface area contributed by atoms with Crippen molar-refractivity contribution < 1.29 is 4.79 Å². The first-order chi connectivity index (χ1) is 10.1. The van der Waals surface area contributed by atoms with E-state index in [2.05, 4.69) is 37.9 Å². The molecule has 2 fully saturated rings. The van der Waals surface area contributed by atoms with E-state index in [1.807, 2.05) is 0 Å². The minimum atomic E-state index is -0.333. The minimum Gasteiger partial charge on any atom is -0.323 e. The Labute approximate surface area is 130 Å². The molecule has 2 atom stereocenters. The summed E-state index contributed by atoms with van der Waals surface area (Å²) in [6.07, 6.45) is 11.1. The van der Waals surface area contributed by atoms with E-state index in [0.29, 0.717) is 11.9 Å². The van der Waals surface area contributed by atoms with E-state index in [4.69, 9.17) is 0 Å². The van der Waals surface area contributed by atoms with Gasteiger partial charge in [-0.3, -0.25) is 10.1 Å². The highest BCUT2D eigenvalue weighted by Gasteiger charge is 2.48. The Hall–Kier alpha value is -0.570. The molecule has 3 heteroatoms. The van der Waals surface area contributed by atoms with Crippen molar-refractivity contribution >= 4 is 5.91 Å².